The Morgan fingerprint density at radius 1 is 1.16 bits per heavy atom. The van der Waals surface area contributed by atoms with Crippen LogP contribution in [-0.2, 0) is 13.1 Å². The fourth-order valence-corrected chi connectivity index (χ4v) is 2.75. The van der Waals surface area contributed by atoms with Crippen LogP contribution >= 0.6 is 0 Å². The van der Waals surface area contributed by atoms with Crippen LogP contribution in [0.15, 0.2) is 53.5 Å². The number of pyridine rings is 2. The molecule has 0 amide bonds. The van der Waals surface area contributed by atoms with Gasteiger partial charge in [-0.3, -0.25) is 4.79 Å². The minimum atomic E-state index is -0.0480. The number of nitrogens with zero attached hydrogens (tertiary/aromatic N) is 1. The molecule has 2 aromatic heterocycles. The summed E-state index contributed by atoms with van der Waals surface area (Å²) in [6.45, 7) is 1.94. The molecule has 0 radical (unpaired) electrons. The summed E-state index contributed by atoms with van der Waals surface area (Å²) < 4.78 is 5.64. The molecule has 1 aliphatic rings. The van der Waals surface area contributed by atoms with Crippen molar-refractivity contribution in [2.45, 2.75) is 25.9 Å². The maximum Gasteiger partial charge on any atom is 0.252 e. The van der Waals surface area contributed by atoms with E-state index in [4.69, 9.17) is 4.74 Å². The van der Waals surface area contributed by atoms with Crippen molar-refractivity contribution < 1.29 is 4.74 Å². The van der Waals surface area contributed by atoms with Crippen molar-refractivity contribution in [2.24, 2.45) is 5.92 Å². The molecule has 4 rings (SSSR count). The quantitative estimate of drug-likeness (QED) is 0.696. The lowest BCUT2D eigenvalue weighted by atomic mass is 10.1. The van der Waals surface area contributed by atoms with Crippen LogP contribution in [0.1, 0.15) is 24.0 Å². The van der Waals surface area contributed by atoms with E-state index in [-0.39, 0.29) is 5.56 Å². The van der Waals surface area contributed by atoms with Crippen LogP contribution in [0.2, 0.25) is 0 Å². The Hall–Kier alpha value is -2.66. The summed E-state index contributed by atoms with van der Waals surface area (Å²) in [6, 6.07) is 13.6. The van der Waals surface area contributed by atoms with Crippen molar-refractivity contribution in [2.75, 3.05) is 6.61 Å². The van der Waals surface area contributed by atoms with E-state index in [0.717, 1.165) is 34.6 Å². The fraction of sp³-hybridized carbons (Fsp3) is 0.300. The molecule has 2 N–H and O–H groups in total. The van der Waals surface area contributed by atoms with Gasteiger partial charge in [0.05, 0.1) is 6.61 Å². The summed E-state index contributed by atoms with van der Waals surface area (Å²) in [5.41, 5.74) is 2.61. The van der Waals surface area contributed by atoms with E-state index in [1.807, 2.05) is 48.7 Å². The predicted octanol–water partition coefficient (Wildman–Crippen LogP) is 3.00. The normalized spacial score (nSPS) is 13.9. The second-order valence-electron chi connectivity index (χ2n) is 6.57. The second kappa shape index (κ2) is 7.07. The Bertz CT molecular complexity index is 914. The third-order valence-corrected chi connectivity index (χ3v) is 4.44. The van der Waals surface area contributed by atoms with Crippen molar-refractivity contribution >= 4 is 10.9 Å². The molecule has 1 fully saturated rings. The van der Waals surface area contributed by atoms with Crippen LogP contribution in [-0.4, -0.2) is 16.6 Å². The highest BCUT2D eigenvalue weighted by Crippen LogP contribution is 2.29. The van der Waals surface area contributed by atoms with Crippen LogP contribution in [0.3, 0.4) is 0 Å². The number of H-pyrrole nitrogens is 1. The molecule has 1 aliphatic carbocycles. The molecule has 0 bridgehead atoms. The molecule has 2 heterocycles. The molecule has 0 unspecified atom stereocenters. The highest BCUT2D eigenvalue weighted by molar-refractivity contribution is 5.78. The molecule has 1 saturated carbocycles. The van der Waals surface area contributed by atoms with Crippen molar-refractivity contribution in [1.82, 2.24) is 15.3 Å². The number of ether oxygens (including phenoxy) is 1. The van der Waals surface area contributed by atoms with E-state index in [9.17, 15) is 4.79 Å². The van der Waals surface area contributed by atoms with Gasteiger partial charge in [-0.2, -0.15) is 0 Å². The van der Waals surface area contributed by atoms with Gasteiger partial charge in [0.15, 0.2) is 0 Å². The lowest BCUT2D eigenvalue weighted by Crippen LogP contribution is -2.20. The molecule has 1 aromatic carbocycles. The Labute approximate surface area is 146 Å². The summed E-state index contributed by atoms with van der Waals surface area (Å²) in [6.07, 6.45) is 4.37. The van der Waals surface area contributed by atoms with E-state index in [1.54, 1.807) is 0 Å². The molecule has 5 heteroatoms. The zero-order valence-corrected chi connectivity index (χ0v) is 14.0. The highest BCUT2D eigenvalue weighted by atomic mass is 16.5. The van der Waals surface area contributed by atoms with E-state index in [2.05, 4.69) is 15.3 Å². The first kappa shape index (κ1) is 15.8. The second-order valence-corrected chi connectivity index (χ2v) is 6.57. The van der Waals surface area contributed by atoms with Crippen LogP contribution in [0, 0.1) is 5.92 Å². The topological polar surface area (TPSA) is 67.0 Å². The number of para-hydroxylation sites is 1. The van der Waals surface area contributed by atoms with E-state index < -0.39 is 0 Å². The first-order valence-electron chi connectivity index (χ1n) is 8.67. The van der Waals surface area contributed by atoms with Gasteiger partial charge in [0.2, 0.25) is 5.88 Å². The number of benzene rings is 1. The Kier molecular flexibility index (Phi) is 4.48. The molecule has 0 aliphatic heterocycles. The minimum Gasteiger partial charge on any atom is -0.477 e. The maximum absolute atomic E-state index is 12.1. The van der Waals surface area contributed by atoms with Crippen LogP contribution in [0.25, 0.3) is 10.9 Å². The van der Waals surface area contributed by atoms with Gasteiger partial charge >= 0.3 is 0 Å². The number of nitrogens with one attached hydrogen (secondary N) is 2. The molecule has 0 spiro atoms. The van der Waals surface area contributed by atoms with Crippen LogP contribution in [0.5, 0.6) is 5.88 Å². The number of fused-ring (bicyclic) bond motifs is 1. The van der Waals surface area contributed by atoms with Crippen LogP contribution in [0.4, 0.5) is 0 Å². The van der Waals surface area contributed by atoms with Crippen molar-refractivity contribution in [3.8, 4) is 5.88 Å². The van der Waals surface area contributed by atoms with Gasteiger partial charge in [0.25, 0.3) is 5.56 Å². The highest BCUT2D eigenvalue weighted by Gasteiger charge is 2.21. The van der Waals surface area contributed by atoms with Gasteiger partial charge in [-0.25, -0.2) is 4.98 Å². The summed E-state index contributed by atoms with van der Waals surface area (Å²) in [7, 11) is 0. The average Bonchev–Trinajstić information content (AvgIpc) is 3.46. The van der Waals surface area contributed by atoms with E-state index in [1.165, 1.54) is 12.8 Å². The number of hydrogen-bond donors (Lipinski definition) is 2. The van der Waals surface area contributed by atoms with Crippen molar-refractivity contribution in [3.05, 3.63) is 70.1 Å². The maximum atomic E-state index is 12.1. The Morgan fingerprint density at radius 2 is 2.04 bits per heavy atom. The SMILES string of the molecule is O=c1[nH]c2ccccc2cc1CNCc1ccc(OCC2CC2)nc1. The Morgan fingerprint density at radius 3 is 2.84 bits per heavy atom. The smallest absolute Gasteiger partial charge is 0.252 e. The molecule has 3 aromatic rings. The summed E-state index contributed by atoms with van der Waals surface area (Å²) in [4.78, 5) is 19.4. The average molecular weight is 335 g/mol. The van der Waals surface area contributed by atoms with Gasteiger partial charge in [-0.1, -0.05) is 24.3 Å². The van der Waals surface area contributed by atoms with Crippen LogP contribution < -0.4 is 15.6 Å². The first-order chi connectivity index (χ1) is 12.3. The van der Waals surface area contributed by atoms with Crippen molar-refractivity contribution in [3.63, 3.8) is 0 Å². The number of aromatic amines is 1. The van der Waals surface area contributed by atoms with Gasteiger partial charge in [0, 0.05) is 36.4 Å². The molecule has 0 atom stereocenters. The monoisotopic (exact) mass is 335 g/mol. The predicted molar refractivity (Wildman–Crippen MR) is 97.6 cm³/mol. The summed E-state index contributed by atoms with van der Waals surface area (Å²) >= 11 is 0. The fourth-order valence-electron chi connectivity index (χ4n) is 2.75. The first-order valence-corrected chi connectivity index (χ1v) is 8.67. The third kappa shape index (κ3) is 4.06. The zero-order valence-electron chi connectivity index (χ0n) is 14.0. The number of rotatable bonds is 7. The largest absolute Gasteiger partial charge is 0.477 e. The molecule has 0 saturated heterocycles. The molecule has 5 nitrogen and oxygen atoms in total. The van der Waals surface area contributed by atoms with Gasteiger partial charge in [-0.15, -0.1) is 0 Å². The van der Waals surface area contributed by atoms with Gasteiger partial charge < -0.3 is 15.0 Å². The molecular weight excluding hydrogens is 314 g/mol. The van der Waals surface area contributed by atoms with E-state index in [0.29, 0.717) is 19.0 Å². The van der Waals surface area contributed by atoms with Gasteiger partial charge in [0.1, 0.15) is 0 Å². The van der Waals surface area contributed by atoms with E-state index >= 15 is 0 Å². The van der Waals surface area contributed by atoms with Gasteiger partial charge in [-0.05, 0) is 41.8 Å². The third-order valence-electron chi connectivity index (χ3n) is 4.44. The molecule has 25 heavy (non-hydrogen) atoms. The lowest BCUT2D eigenvalue weighted by molar-refractivity contribution is 0.288. The lowest BCUT2D eigenvalue weighted by Gasteiger charge is -2.07. The standard InChI is InChI=1S/C20H21N3O2/c24-20-17(9-16-3-1-2-4-18(16)23-20)12-21-10-15-7-8-19(22-11-15)25-13-14-5-6-14/h1-4,7-9,11,14,21H,5-6,10,12-13H2,(H,23,24). The molecule has 128 valence electrons. The summed E-state index contributed by atoms with van der Waals surface area (Å²) in [5.74, 6) is 1.41. The molecular formula is C20H21N3O2. The zero-order chi connectivity index (χ0) is 17.1. The Balaban J connectivity index is 1.34. The minimum absolute atomic E-state index is 0.0480. The summed E-state index contributed by atoms with van der Waals surface area (Å²) in [5, 5.41) is 4.34. The van der Waals surface area contributed by atoms with Crippen molar-refractivity contribution in [1.29, 1.82) is 0 Å². The number of aromatic nitrogens is 2. The number of hydrogen-bond acceptors (Lipinski definition) is 4.